The van der Waals surface area contributed by atoms with Gasteiger partial charge in [0.05, 0.1) is 18.3 Å². The van der Waals surface area contributed by atoms with Crippen molar-refractivity contribution in [2.45, 2.75) is 32.5 Å². The predicted octanol–water partition coefficient (Wildman–Crippen LogP) is 2.36. The molecule has 0 fully saturated rings. The molecule has 29 heavy (non-hydrogen) atoms. The molecule has 1 aliphatic heterocycles. The average Bonchev–Trinajstić information content (AvgIpc) is 2.73. The van der Waals surface area contributed by atoms with Gasteiger partial charge in [-0.2, -0.15) is 5.26 Å². The molecule has 0 unspecified atom stereocenters. The van der Waals surface area contributed by atoms with E-state index in [9.17, 15) is 10.4 Å². The van der Waals surface area contributed by atoms with Crippen molar-refractivity contribution in [1.29, 1.82) is 5.26 Å². The molecule has 3 N–H and O–H groups in total. The molecule has 7 nitrogen and oxygen atoms in total. The van der Waals surface area contributed by atoms with Crippen LogP contribution in [0.1, 0.15) is 29.2 Å². The van der Waals surface area contributed by atoms with E-state index in [-0.39, 0.29) is 0 Å². The number of fused-ring (bicyclic) bond motifs is 1. The Morgan fingerprint density at radius 1 is 1.24 bits per heavy atom. The van der Waals surface area contributed by atoms with Crippen LogP contribution in [0.4, 0.5) is 11.6 Å². The summed E-state index contributed by atoms with van der Waals surface area (Å²) in [6.07, 6.45) is 0.265. The van der Waals surface area contributed by atoms with Crippen molar-refractivity contribution in [1.82, 2.24) is 9.88 Å². The molecular weight excluding hydrogens is 366 g/mol. The van der Waals surface area contributed by atoms with E-state index in [2.05, 4.69) is 45.9 Å². The third-order valence-corrected chi connectivity index (χ3v) is 5.00. The average molecular weight is 396 g/mol. The first kappa shape index (κ1) is 21.1. The van der Waals surface area contributed by atoms with Crippen molar-refractivity contribution in [3.8, 4) is 6.07 Å². The molecule has 0 saturated carbocycles. The number of aromatic nitrogens is 1. The van der Waals surface area contributed by atoms with Crippen molar-refractivity contribution in [2.24, 2.45) is 0 Å². The van der Waals surface area contributed by atoms with Crippen LogP contribution in [0.15, 0.2) is 30.3 Å². The highest BCUT2D eigenvalue weighted by Crippen LogP contribution is 2.32. The maximum absolute atomic E-state index is 9.80. The molecule has 154 valence electrons. The molecule has 1 aromatic carbocycles. The van der Waals surface area contributed by atoms with Gasteiger partial charge < -0.3 is 20.5 Å². The summed E-state index contributed by atoms with van der Waals surface area (Å²) in [5.41, 5.74) is 3.97. The lowest BCUT2D eigenvalue weighted by Crippen LogP contribution is -2.32. The Hall–Kier alpha value is -2.66. The van der Waals surface area contributed by atoms with E-state index in [1.54, 1.807) is 14.0 Å². The van der Waals surface area contributed by atoms with E-state index >= 15 is 0 Å². The molecule has 1 atom stereocenters. The van der Waals surface area contributed by atoms with Crippen LogP contribution in [0.5, 0.6) is 0 Å². The van der Waals surface area contributed by atoms with Crippen LogP contribution in [-0.4, -0.2) is 54.4 Å². The van der Waals surface area contributed by atoms with Gasteiger partial charge in [-0.3, -0.25) is 4.90 Å². The van der Waals surface area contributed by atoms with Gasteiger partial charge in [0.25, 0.3) is 0 Å². The zero-order valence-corrected chi connectivity index (χ0v) is 17.1. The summed E-state index contributed by atoms with van der Waals surface area (Å²) in [6, 6.07) is 12.7. The highest BCUT2D eigenvalue weighted by atomic mass is 16.5. The number of hydrogen-bond acceptors (Lipinski definition) is 7. The Labute approximate surface area is 172 Å². The van der Waals surface area contributed by atoms with Gasteiger partial charge in [0.1, 0.15) is 17.7 Å². The number of nitriles is 1. The standard InChI is InChI=1S/C22H29N5O2/c1-16(28)13-25-21-19(12-23)18-8-10-27(14-17-6-4-3-5-7-17)15-20(18)22(26-21)24-9-11-29-2/h3-7,16,28H,8-11,13-15H2,1-2H3,(H2,24,25,26)/t16-/m0/s1. The number of methoxy groups -OCH3 is 1. The molecule has 2 heterocycles. The quantitative estimate of drug-likeness (QED) is 0.561. The van der Waals surface area contributed by atoms with E-state index < -0.39 is 6.10 Å². The third-order valence-electron chi connectivity index (χ3n) is 5.00. The first-order chi connectivity index (χ1) is 14.1. The Balaban J connectivity index is 1.89. The molecule has 0 amide bonds. The first-order valence-electron chi connectivity index (χ1n) is 9.99. The minimum atomic E-state index is -0.523. The molecule has 7 heteroatoms. The molecular formula is C22H29N5O2. The van der Waals surface area contributed by atoms with Gasteiger partial charge in [-0.15, -0.1) is 0 Å². The minimum Gasteiger partial charge on any atom is -0.392 e. The second kappa shape index (κ2) is 10.2. The summed E-state index contributed by atoms with van der Waals surface area (Å²) in [7, 11) is 1.67. The zero-order valence-electron chi connectivity index (χ0n) is 17.1. The monoisotopic (exact) mass is 395 g/mol. The van der Waals surface area contributed by atoms with Crippen molar-refractivity contribution < 1.29 is 9.84 Å². The Morgan fingerprint density at radius 3 is 2.72 bits per heavy atom. The number of anilines is 2. The van der Waals surface area contributed by atoms with Crippen molar-refractivity contribution in [3.63, 3.8) is 0 Å². The summed E-state index contributed by atoms with van der Waals surface area (Å²) in [5.74, 6) is 1.31. The van der Waals surface area contributed by atoms with Gasteiger partial charge in [-0.05, 0) is 24.5 Å². The first-order valence-corrected chi connectivity index (χ1v) is 9.99. The van der Waals surface area contributed by atoms with Gasteiger partial charge in [-0.1, -0.05) is 30.3 Å². The van der Waals surface area contributed by atoms with Gasteiger partial charge in [0.15, 0.2) is 0 Å². The lowest BCUT2D eigenvalue weighted by molar-refractivity contribution is 0.208. The van der Waals surface area contributed by atoms with Crippen LogP contribution in [0.3, 0.4) is 0 Å². The molecule has 1 aliphatic rings. The molecule has 0 spiro atoms. The Morgan fingerprint density at radius 2 is 2.03 bits per heavy atom. The van der Waals surface area contributed by atoms with Gasteiger partial charge >= 0.3 is 0 Å². The third kappa shape index (κ3) is 5.45. The van der Waals surface area contributed by atoms with E-state index in [0.717, 1.165) is 43.0 Å². The predicted molar refractivity (Wildman–Crippen MR) is 114 cm³/mol. The number of rotatable bonds is 9. The van der Waals surface area contributed by atoms with E-state index in [0.29, 0.717) is 31.1 Å². The van der Waals surface area contributed by atoms with E-state index in [1.807, 2.05) is 6.07 Å². The maximum atomic E-state index is 9.80. The lowest BCUT2D eigenvalue weighted by Gasteiger charge is -2.31. The largest absolute Gasteiger partial charge is 0.392 e. The highest BCUT2D eigenvalue weighted by molar-refractivity contribution is 5.66. The number of hydrogen-bond donors (Lipinski definition) is 3. The number of nitrogens with zero attached hydrogens (tertiary/aromatic N) is 3. The van der Waals surface area contributed by atoms with Crippen molar-refractivity contribution in [3.05, 3.63) is 52.6 Å². The SMILES string of the molecule is COCCNc1nc(NC[C@H](C)O)c(C#N)c2c1CN(Cc1ccccc1)CC2. The molecule has 3 rings (SSSR count). The number of aliphatic hydroxyl groups excluding tert-OH is 1. The van der Waals surface area contributed by atoms with Gasteiger partial charge in [-0.25, -0.2) is 4.98 Å². The van der Waals surface area contributed by atoms with E-state index in [4.69, 9.17) is 9.72 Å². The van der Waals surface area contributed by atoms with Gasteiger partial charge in [0, 0.05) is 45.4 Å². The Bertz CT molecular complexity index is 849. The zero-order chi connectivity index (χ0) is 20.6. The number of benzene rings is 1. The normalized spacial score (nSPS) is 14.7. The smallest absolute Gasteiger partial charge is 0.146 e. The summed E-state index contributed by atoms with van der Waals surface area (Å²) in [5, 5.41) is 25.9. The van der Waals surface area contributed by atoms with Crippen LogP contribution in [0, 0.1) is 11.3 Å². The number of nitrogens with one attached hydrogen (secondary N) is 2. The number of ether oxygens (including phenoxy) is 1. The fourth-order valence-corrected chi connectivity index (χ4v) is 3.58. The minimum absolute atomic E-state index is 0.345. The van der Waals surface area contributed by atoms with E-state index in [1.165, 1.54) is 5.56 Å². The number of aliphatic hydroxyl groups is 1. The molecule has 0 aliphatic carbocycles. The van der Waals surface area contributed by atoms with Crippen LogP contribution in [0.25, 0.3) is 0 Å². The fourth-order valence-electron chi connectivity index (χ4n) is 3.58. The van der Waals surface area contributed by atoms with Crippen molar-refractivity contribution >= 4 is 11.6 Å². The van der Waals surface area contributed by atoms with Crippen molar-refractivity contribution in [2.75, 3.05) is 44.0 Å². The molecule has 2 aromatic rings. The molecule has 0 radical (unpaired) electrons. The van der Waals surface area contributed by atoms with Gasteiger partial charge in [0.2, 0.25) is 0 Å². The van der Waals surface area contributed by atoms with Crippen LogP contribution >= 0.6 is 0 Å². The summed E-state index contributed by atoms with van der Waals surface area (Å²) in [6.45, 7) is 5.74. The summed E-state index contributed by atoms with van der Waals surface area (Å²) >= 11 is 0. The topological polar surface area (TPSA) is 93.4 Å². The number of pyridine rings is 1. The van der Waals surface area contributed by atoms with Crippen LogP contribution < -0.4 is 10.6 Å². The molecule has 0 bridgehead atoms. The highest BCUT2D eigenvalue weighted by Gasteiger charge is 2.25. The molecule has 1 aromatic heterocycles. The molecule has 0 saturated heterocycles. The summed E-state index contributed by atoms with van der Waals surface area (Å²) < 4.78 is 5.16. The Kier molecular flexibility index (Phi) is 7.42. The second-order valence-electron chi connectivity index (χ2n) is 7.35. The second-order valence-corrected chi connectivity index (χ2v) is 7.35. The summed E-state index contributed by atoms with van der Waals surface area (Å²) in [4.78, 5) is 7.08. The van der Waals surface area contributed by atoms with Crippen LogP contribution in [-0.2, 0) is 24.2 Å². The lowest BCUT2D eigenvalue weighted by atomic mass is 9.95. The fraction of sp³-hybridized carbons (Fsp3) is 0.455. The van der Waals surface area contributed by atoms with Crippen LogP contribution in [0.2, 0.25) is 0 Å². The maximum Gasteiger partial charge on any atom is 0.146 e.